The normalized spacial score (nSPS) is 16.2. The van der Waals surface area contributed by atoms with Crippen LogP contribution in [-0.2, 0) is 16.0 Å². The van der Waals surface area contributed by atoms with Crippen LogP contribution in [0.25, 0.3) is 0 Å². The summed E-state index contributed by atoms with van der Waals surface area (Å²) >= 11 is 0. The second-order valence-corrected chi connectivity index (χ2v) is 7.65. The van der Waals surface area contributed by atoms with Crippen molar-refractivity contribution in [3.8, 4) is 0 Å². The van der Waals surface area contributed by atoms with Crippen LogP contribution >= 0.6 is 0 Å². The summed E-state index contributed by atoms with van der Waals surface area (Å²) < 4.78 is 48.9. The number of esters is 1. The zero-order chi connectivity index (χ0) is 21.3. The lowest BCUT2D eigenvalue weighted by Crippen LogP contribution is -2.41. The number of halogens is 3. The van der Waals surface area contributed by atoms with E-state index in [0.717, 1.165) is 7.11 Å². The maximum absolute atomic E-state index is 12.8. The number of carbonyl (C=O) groups is 2. The third-order valence-corrected chi connectivity index (χ3v) is 4.29. The number of amides is 1. The molecule has 1 fully saturated rings. The lowest BCUT2D eigenvalue weighted by molar-refractivity contribution is -0.142. The minimum atomic E-state index is -4.54. The average molecular weight is 406 g/mol. The highest BCUT2D eigenvalue weighted by Gasteiger charge is 2.36. The number of nitrogen functional groups attached to an aromatic ring is 1. The number of methoxy groups -OCH3 is 1. The molecule has 28 heavy (non-hydrogen) atoms. The molecule has 8 nitrogen and oxygen atoms in total. The van der Waals surface area contributed by atoms with E-state index < -0.39 is 30.4 Å². The lowest BCUT2D eigenvalue weighted by atomic mass is 9.89. The average Bonchev–Trinajstić information content (AvgIpc) is 2.87. The summed E-state index contributed by atoms with van der Waals surface area (Å²) in [5, 5.41) is 3.74. The van der Waals surface area contributed by atoms with Gasteiger partial charge in [0, 0.05) is 18.7 Å². The SMILES string of the molecule is COC(=O)c1nn(CC(F)(F)F)c(N)c1C1CCN(C(=O)OC(C)(C)C)CC1. The second kappa shape index (κ2) is 7.88. The van der Waals surface area contributed by atoms with Gasteiger partial charge in [-0.05, 0) is 39.5 Å². The predicted molar refractivity (Wildman–Crippen MR) is 93.8 cm³/mol. The third kappa shape index (κ3) is 5.29. The summed E-state index contributed by atoms with van der Waals surface area (Å²) in [6, 6.07) is 0. The Bertz CT molecular complexity index is 732. The van der Waals surface area contributed by atoms with Gasteiger partial charge in [0.2, 0.25) is 0 Å². The number of likely N-dealkylation sites (tertiary alicyclic amines) is 1. The van der Waals surface area contributed by atoms with E-state index in [1.807, 2.05) is 0 Å². The van der Waals surface area contributed by atoms with Gasteiger partial charge in [-0.2, -0.15) is 18.3 Å². The molecule has 1 amide bonds. The Balaban J connectivity index is 2.21. The fraction of sp³-hybridized carbons (Fsp3) is 0.706. The van der Waals surface area contributed by atoms with Crippen molar-refractivity contribution in [2.24, 2.45) is 0 Å². The second-order valence-electron chi connectivity index (χ2n) is 7.65. The van der Waals surface area contributed by atoms with Crippen LogP contribution in [0.5, 0.6) is 0 Å². The van der Waals surface area contributed by atoms with Crippen LogP contribution in [0.1, 0.15) is 55.6 Å². The van der Waals surface area contributed by atoms with E-state index in [-0.39, 0.29) is 23.0 Å². The summed E-state index contributed by atoms with van der Waals surface area (Å²) in [5.41, 5.74) is 5.28. The van der Waals surface area contributed by atoms with Crippen LogP contribution in [0.15, 0.2) is 0 Å². The van der Waals surface area contributed by atoms with E-state index in [1.54, 1.807) is 20.8 Å². The first kappa shape index (κ1) is 21.8. The first-order chi connectivity index (χ1) is 12.8. The molecule has 1 aromatic heterocycles. The van der Waals surface area contributed by atoms with Gasteiger partial charge in [-0.15, -0.1) is 0 Å². The summed E-state index contributed by atoms with van der Waals surface area (Å²) in [5.74, 6) is -1.39. The van der Waals surface area contributed by atoms with Crippen molar-refractivity contribution < 1.29 is 32.2 Å². The van der Waals surface area contributed by atoms with Crippen molar-refractivity contribution >= 4 is 17.9 Å². The molecular formula is C17H25F3N4O4. The zero-order valence-corrected chi connectivity index (χ0v) is 16.3. The van der Waals surface area contributed by atoms with E-state index >= 15 is 0 Å². The van der Waals surface area contributed by atoms with Crippen molar-refractivity contribution in [3.63, 3.8) is 0 Å². The molecule has 0 aromatic carbocycles. The number of anilines is 1. The molecule has 0 radical (unpaired) electrons. The number of nitrogens with two attached hydrogens (primary N) is 1. The van der Waals surface area contributed by atoms with E-state index in [0.29, 0.717) is 30.6 Å². The van der Waals surface area contributed by atoms with E-state index in [1.165, 1.54) is 4.90 Å². The van der Waals surface area contributed by atoms with Crippen LogP contribution in [0.4, 0.5) is 23.8 Å². The quantitative estimate of drug-likeness (QED) is 0.775. The Morgan fingerprint density at radius 3 is 2.25 bits per heavy atom. The van der Waals surface area contributed by atoms with Gasteiger partial charge in [0.15, 0.2) is 5.69 Å². The largest absolute Gasteiger partial charge is 0.464 e. The predicted octanol–water partition coefficient (Wildman–Crippen LogP) is 2.93. The number of carbonyl (C=O) groups excluding carboxylic acids is 2. The Morgan fingerprint density at radius 1 is 1.21 bits per heavy atom. The molecule has 2 N–H and O–H groups in total. The molecule has 0 saturated carbocycles. The molecule has 11 heteroatoms. The summed E-state index contributed by atoms with van der Waals surface area (Å²) in [6.45, 7) is 4.52. The Morgan fingerprint density at radius 2 is 1.79 bits per heavy atom. The van der Waals surface area contributed by atoms with Crippen molar-refractivity contribution in [1.82, 2.24) is 14.7 Å². The number of rotatable bonds is 3. The molecular weight excluding hydrogens is 381 g/mol. The summed E-state index contributed by atoms with van der Waals surface area (Å²) in [4.78, 5) is 25.7. The molecule has 1 aliphatic rings. The number of piperidine rings is 1. The van der Waals surface area contributed by atoms with Gasteiger partial charge in [-0.1, -0.05) is 0 Å². The topological polar surface area (TPSA) is 99.7 Å². The summed E-state index contributed by atoms with van der Waals surface area (Å²) in [7, 11) is 1.12. The molecule has 0 atom stereocenters. The standard InChI is InChI=1S/C17H25F3N4O4/c1-16(2,3)28-15(26)23-7-5-10(6-8-23)11-12(14(25)27-4)22-24(13(11)21)9-17(18,19)20/h10H,5-9,21H2,1-4H3. The molecule has 0 spiro atoms. The van der Waals surface area contributed by atoms with Crippen molar-refractivity contribution in [2.45, 2.75) is 57.9 Å². The molecule has 0 unspecified atom stereocenters. The first-order valence-corrected chi connectivity index (χ1v) is 8.81. The van der Waals surface area contributed by atoms with E-state index in [2.05, 4.69) is 9.84 Å². The van der Waals surface area contributed by atoms with Crippen molar-refractivity contribution in [3.05, 3.63) is 11.3 Å². The highest BCUT2D eigenvalue weighted by molar-refractivity contribution is 5.90. The maximum Gasteiger partial charge on any atom is 0.410 e. The molecule has 1 saturated heterocycles. The van der Waals surface area contributed by atoms with Gasteiger partial charge in [-0.3, -0.25) is 0 Å². The number of alkyl halides is 3. The van der Waals surface area contributed by atoms with Gasteiger partial charge in [-0.25, -0.2) is 14.3 Å². The number of nitrogens with zero attached hydrogens (tertiary/aromatic N) is 3. The molecule has 2 rings (SSSR count). The fourth-order valence-electron chi connectivity index (χ4n) is 3.11. The molecule has 1 aliphatic heterocycles. The van der Waals surface area contributed by atoms with Crippen molar-refractivity contribution in [2.75, 3.05) is 25.9 Å². The minimum Gasteiger partial charge on any atom is -0.464 e. The monoisotopic (exact) mass is 406 g/mol. The van der Waals surface area contributed by atoms with Crippen LogP contribution in [0.3, 0.4) is 0 Å². The van der Waals surface area contributed by atoms with Gasteiger partial charge in [0.25, 0.3) is 0 Å². The summed E-state index contributed by atoms with van der Waals surface area (Å²) in [6.07, 6.45) is -4.18. The third-order valence-electron chi connectivity index (χ3n) is 4.29. The minimum absolute atomic E-state index is 0.214. The number of ether oxygens (including phenoxy) is 2. The highest BCUT2D eigenvalue weighted by Crippen LogP contribution is 2.36. The Hall–Kier alpha value is -2.46. The number of hydrogen-bond donors (Lipinski definition) is 1. The molecule has 1 aromatic rings. The first-order valence-electron chi connectivity index (χ1n) is 8.81. The smallest absolute Gasteiger partial charge is 0.410 e. The van der Waals surface area contributed by atoms with Crippen LogP contribution in [-0.4, -0.2) is 58.7 Å². The fourth-order valence-corrected chi connectivity index (χ4v) is 3.11. The lowest BCUT2D eigenvalue weighted by Gasteiger charge is -2.33. The van der Waals surface area contributed by atoms with Gasteiger partial charge in [0.1, 0.15) is 18.0 Å². The van der Waals surface area contributed by atoms with Crippen molar-refractivity contribution in [1.29, 1.82) is 0 Å². The molecule has 0 aliphatic carbocycles. The number of hydrogen-bond acceptors (Lipinski definition) is 6. The Labute approximate surface area is 160 Å². The van der Waals surface area contributed by atoms with Crippen LogP contribution < -0.4 is 5.73 Å². The molecule has 158 valence electrons. The van der Waals surface area contributed by atoms with Gasteiger partial charge in [0.05, 0.1) is 7.11 Å². The number of aromatic nitrogens is 2. The van der Waals surface area contributed by atoms with Crippen LogP contribution in [0.2, 0.25) is 0 Å². The van der Waals surface area contributed by atoms with Crippen LogP contribution in [0, 0.1) is 0 Å². The molecule has 2 heterocycles. The highest BCUT2D eigenvalue weighted by atomic mass is 19.4. The maximum atomic E-state index is 12.8. The van der Waals surface area contributed by atoms with E-state index in [4.69, 9.17) is 10.5 Å². The van der Waals surface area contributed by atoms with E-state index in [9.17, 15) is 22.8 Å². The van der Waals surface area contributed by atoms with Gasteiger partial charge < -0.3 is 20.1 Å². The zero-order valence-electron chi connectivity index (χ0n) is 16.3. The molecule has 0 bridgehead atoms. The Kier molecular flexibility index (Phi) is 6.15. The van der Waals surface area contributed by atoms with Gasteiger partial charge >= 0.3 is 18.2 Å².